The van der Waals surface area contributed by atoms with Gasteiger partial charge in [-0.2, -0.15) is 0 Å². The summed E-state index contributed by atoms with van der Waals surface area (Å²) < 4.78 is 11.9. The standard InChI is InChI=1S/C20H27Cl2NO4/c1-13(2)18-10-15(24)11-20(27-18)5-7-23(8-6-20)19(25)12-26-17-4-3-14(21)9-16(17)22/h3-4,9,13,15,18,24H,5-8,10-12H2,1-2H3/t15-,18-/m1/s1. The normalized spacial score (nSPS) is 25.0. The van der Waals surface area contributed by atoms with Crippen molar-refractivity contribution in [2.75, 3.05) is 19.7 Å². The second kappa shape index (κ2) is 8.56. The van der Waals surface area contributed by atoms with Gasteiger partial charge in [-0.25, -0.2) is 0 Å². The first-order valence-electron chi connectivity index (χ1n) is 9.49. The van der Waals surface area contributed by atoms with Gasteiger partial charge in [0.1, 0.15) is 5.75 Å². The van der Waals surface area contributed by atoms with Crippen molar-refractivity contribution in [1.82, 2.24) is 4.90 Å². The Balaban J connectivity index is 1.53. The fourth-order valence-electron chi connectivity index (χ4n) is 3.92. The Morgan fingerprint density at radius 2 is 2.07 bits per heavy atom. The third-order valence-corrected chi connectivity index (χ3v) is 6.06. The molecule has 2 atom stereocenters. The Morgan fingerprint density at radius 3 is 2.70 bits per heavy atom. The molecule has 0 bridgehead atoms. The van der Waals surface area contributed by atoms with E-state index < -0.39 is 0 Å². The Morgan fingerprint density at radius 1 is 1.37 bits per heavy atom. The van der Waals surface area contributed by atoms with Gasteiger partial charge in [-0.15, -0.1) is 0 Å². The SMILES string of the molecule is CC(C)[C@H]1C[C@@H](O)CC2(CCN(C(=O)COc3ccc(Cl)cc3Cl)CC2)O1. The Kier molecular flexibility index (Phi) is 6.57. The van der Waals surface area contributed by atoms with Crippen LogP contribution >= 0.6 is 23.2 Å². The van der Waals surface area contributed by atoms with Crippen LogP contribution in [0.25, 0.3) is 0 Å². The summed E-state index contributed by atoms with van der Waals surface area (Å²) in [4.78, 5) is 14.3. The van der Waals surface area contributed by atoms with Crippen LogP contribution in [0.15, 0.2) is 18.2 Å². The Bertz CT molecular complexity index is 674. The lowest BCUT2D eigenvalue weighted by atomic mass is 9.80. The fourth-order valence-corrected chi connectivity index (χ4v) is 4.38. The van der Waals surface area contributed by atoms with E-state index in [9.17, 15) is 9.90 Å². The zero-order valence-corrected chi connectivity index (χ0v) is 17.3. The van der Waals surface area contributed by atoms with E-state index in [-0.39, 0.29) is 30.3 Å². The van der Waals surface area contributed by atoms with E-state index in [2.05, 4.69) is 13.8 Å². The van der Waals surface area contributed by atoms with Crippen molar-refractivity contribution in [2.45, 2.75) is 57.3 Å². The molecule has 1 aromatic rings. The number of aliphatic hydroxyl groups is 1. The molecule has 7 heteroatoms. The molecule has 2 heterocycles. The smallest absolute Gasteiger partial charge is 0.260 e. The summed E-state index contributed by atoms with van der Waals surface area (Å²) in [6.45, 7) is 5.39. The van der Waals surface area contributed by atoms with Crippen molar-refractivity contribution in [3.63, 3.8) is 0 Å². The number of rotatable bonds is 4. The summed E-state index contributed by atoms with van der Waals surface area (Å²) in [6, 6.07) is 4.92. The molecular weight excluding hydrogens is 389 g/mol. The molecule has 1 amide bonds. The van der Waals surface area contributed by atoms with Gasteiger partial charge in [0.15, 0.2) is 6.61 Å². The van der Waals surface area contributed by atoms with E-state index in [1.165, 1.54) is 0 Å². The van der Waals surface area contributed by atoms with Crippen LogP contribution in [-0.2, 0) is 9.53 Å². The lowest BCUT2D eigenvalue weighted by molar-refractivity contribution is -0.194. The van der Waals surface area contributed by atoms with Crippen molar-refractivity contribution in [3.05, 3.63) is 28.2 Å². The van der Waals surface area contributed by atoms with Crippen LogP contribution in [0.1, 0.15) is 39.5 Å². The molecule has 0 aromatic heterocycles. The molecule has 1 aromatic carbocycles. The summed E-state index contributed by atoms with van der Waals surface area (Å²) in [5.41, 5.74) is -0.316. The van der Waals surface area contributed by atoms with Gasteiger partial charge in [0.2, 0.25) is 0 Å². The molecule has 2 fully saturated rings. The Hall–Kier alpha value is -1.01. The van der Waals surface area contributed by atoms with E-state index in [0.717, 1.165) is 12.8 Å². The van der Waals surface area contributed by atoms with E-state index in [4.69, 9.17) is 32.7 Å². The number of carbonyl (C=O) groups is 1. The monoisotopic (exact) mass is 415 g/mol. The highest BCUT2D eigenvalue weighted by molar-refractivity contribution is 6.35. The number of aliphatic hydroxyl groups excluding tert-OH is 1. The third-order valence-electron chi connectivity index (χ3n) is 5.53. The van der Waals surface area contributed by atoms with E-state index in [0.29, 0.717) is 47.6 Å². The molecule has 2 saturated heterocycles. The highest BCUT2D eigenvalue weighted by Crippen LogP contribution is 2.39. The first-order chi connectivity index (χ1) is 12.8. The molecule has 3 rings (SSSR count). The molecule has 0 unspecified atom stereocenters. The maximum absolute atomic E-state index is 12.5. The third kappa shape index (κ3) is 5.08. The second-order valence-corrected chi connectivity index (χ2v) is 8.76. The van der Waals surface area contributed by atoms with Crippen LogP contribution < -0.4 is 4.74 Å². The minimum Gasteiger partial charge on any atom is -0.482 e. The van der Waals surface area contributed by atoms with Gasteiger partial charge in [-0.3, -0.25) is 4.79 Å². The first kappa shape index (κ1) is 20.7. The number of piperidine rings is 1. The van der Waals surface area contributed by atoms with Gasteiger partial charge in [0.05, 0.1) is 22.8 Å². The molecule has 1 N–H and O–H groups in total. The molecule has 5 nitrogen and oxygen atoms in total. The average Bonchev–Trinajstić information content (AvgIpc) is 2.60. The maximum Gasteiger partial charge on any atom is 0.260 e. The summed E-state index contributed by atoms with van der Waals surface area (Å²) in [7, 11) is 0. The second-order valence-electron chi connectivity index (χ2n) is 7.92. The fraction of sp³-hybridized carbons (Fsp3) is 0.650. The van der Waals surface area contributed by atoms with Gasteiger partial charge in [-0.05, 0) is 43.4 Å². The number of hydrogen-bond acceptors (Lipinski definition) is 4. The lowest BCUT2D eigenvalue weighted by Gasteiger charge is -2.48. The van der Waals surface area contributed by atoms with Gasteiger partial charge in [-0.1, -0.05) is 37.0 Å². The van der Waals surface area contributed by atoms with Gasteiger partial charge in [0, 0.05) is 24.5 Å². The van der Waals surface area contributed by atoms with E-state index >= 15 is 0 Å². The summed E-state index contributed by atoms with van der Waals surface area (Å²) in [5.74, 6) is 0.739. The topological polar surface area (TPSA) is 59.0 Å². The van der Waals surface area contributed by atoms with E-state index in [1.54, 1.807) is 23.1 Å². The molecule has 0 aliphatic carbocycles. The molecule has 150 valence electrons. The van der Waals surface area contributed by atoms with Crippen molar-refractivity contribution < 1.29 is 19.4 Å². The largest absolute Gasteiger partial charge is 0.482 e. The predicted octanol–water partition coefficient (Wildman–Crippen LogP) is 3.93. The Labute approximate surface area is 170 Å². The van der Waals surface area contributed by atoms with Crippen molar-refractivity contribution in [3.8, 4) is 5.75 Å². The maximum atomic E-state index is 12.5. The van der Waals surface area contributed by atoms with Gasteiger partial charge < -0.3 is 19.5 Å². The molecule has 2 aliphatic heterocycles. The minimum absolute atomic E-state index is 0.0630. The quantitative estimate of drug-likeness (QED) is 0.808. The minimum atomic E-state index is -0.330. The summed E-state index contributed by atoms with van der Waals surface area (Å²) >= 11 is 11.9. The summed E-state index contributed by atoms with van der Waals surface area (Å²) in [6.07, 6.45) is 2.56. The zero-order chi connectivity index (χ0) is 19.6. The zero-order valence-electron chi connectivity index (χ0n) is 15.8. The predicted molar refractivity (Wildman–Crippen MR) is 105 cm³/mol. The molecule has 0 radical (unpaired) electrons. The van der Waals surface area contributed by atoms with Crippen molar-refractivity contribution in [2.24, 2.45) is 5.92 Å². The first-order valence-corrected chi connectivity index (χ1v) is 10.2. The number of carbonyl (C=O) groups excluding carboxylic acids is 1. The number of benzene rings is 1. The lowest BCUT2D eigenvalue weighted by Crippen LogP contribution is -2.55. The van der Waals surface area contributed by atoms with Crippen LogP contribution in [0.3, 0.4) is 0 Å². The van der Waals surface area contributed by atoms with Crippen molar-refractivity contribution >= 4 is 29.1 Å². The van der Waals surface area contributed by atoms with Crippen LogP contribution in [0.2, 0.25) is 10.0 Å². The highest BCUT2D eigenvalue weighted by atomic mass is 35.5. The van der Waals surface area contributed by atoms with Crippen LogP contribution in [0, 0.1) is 5.92 Å². The molecule has 27 heavy (non-hydrogen) atoms. The van der Waals surface area contributed by atoms with Gasteiger partial charge >= 0.3 is 0 Å². The number of amides is 1. The van der Waals surface area contributed by atoms with Crippen molar-refractivity contribution in [1.29, 1.82) is 0 Å². The van der Waals surface area contributed by atoms with Crippen LogP contribution in [0.4, 0.5) is 0 Å². The molecule has 2 aliphatic rings. The number of halogens is 2. The average molecular weight is 416 g/mol. The van der Waals surface area contributed by atoms with Crippen LogP contribution in [0.5, 0.6) is 5.75 Å². The number of nitrogens with zero attached hydrogens (tertiary/aromatic N) is 1. The summed E-state index contributed by atoms with van der Waals surface area (Å²) in [5, 5.41) is 11.2. The molecule has 0 saturated carbocycles. The van der Waals surface area contributed by atoms with Crippen LogP contribution in [-0.4, -0.2) is 53.4 Å². The van der Waals surface area contributed by atoms with E-state index in [1.807, 2.05) is 0 Å². The number of hydrogen-bond donors (Lipinski definition) is 1. The van der Waals surface area contributed by atoms with Gasteiger partial charge in [0.25, 0.3) is 5.91 Å². The molecular formula is C20H27Cl2NO4. The number of likely N-dealkylation sites (tertiary alicyclic amines) is 1. The molecule has 1 spiro atoms. The number of ether oxygens (including phenoxy) is 2. The highest BCUT2D eigenvalue weighted by Gasteiger charge is 2.44.